The number of anilines is 2. The molecule has 0 bridgehead atoms. The maximum Gasteiger partial charge on any atom is 0.257 e. The molecule has 4 rings (SSSR count). The van der Waals surface area contributed by atoms with Crippen molar-refractivity contribution < 1.29 is 9.53 Å². The minimum atomic E-state index is -0.125. The Labute approximate surface area is 184 Å². The van der Waals surface area contributed by atoms with Crippen LogP contribution in [-0.2, 0) is 4.79 Å². The number of nitrogens with zero attached hydrogens (tertiary/aromatic N) is 3. The molecule has 3 aromatic rings. The van der Waals surface area contributed by atoms with E-state index in [1.54, 1.807) is 7.11 Å². The second-order valence-corrected chi connectivity index (χ2v) is 8.52. The summed E-state index contributed by atoms with van der Waals surface area (Å²) in [4.78, 5) is 24.5. The predicted molar refractivity (Wildman–Crippen MR) is 123 cm³/mol. The molecule has 1 saturated heterocycles. The Hall–Kier alpha value is -2.67. The number of halogens is 1. The zero-order chi connectivity index (χ0) is 21.3. The van der Waals surface area contributed by atoms with Gasteiger partial charge in [-0.25, -0.2) is 9.97 Å². The maximum absolute atomic E-state index is 13.0. The lowest BCUT2D eigenvalue weighted by atomic mass is 9.96. The van der Waals surface area contributed by atoms with Crippen LogP contribution in [0.1, 0.15) is 24.0 Å². The Morgan fingerprint density at radius 2 is 1.87 bits per heavy atom. The molecule has 1 aromatic heterocycles. The molecule has 2 heterocycles. The van der Waals surface area contributed by atoms with Crippen molar-refractivity contribution in [2.75, 3.05) is 30.4 Å². The molecule has 0 radical (unpaired) electrons. The first-order chi connectivity index (χ1) is 14.5. The monoisotopic (exact) mass is 468 g/mol. The molecule has 6 nitrogen and oxygen atoms in total. The number of hydrogen-bond acceptors (Lipinski definition) is 5. The zero-order valence-electron chi connectivity index (χ0n) is 17.4. The van der Waals surface area contributed by atoms with Crippen molar-refractivity contribution in [2.45, 2.75) is 26.7 Å². The first-order valence-corrected chi connectivity index (χ1v) is 10.9. The van der Waals surface area contributed by atoms with Gasteiger partial charge in [0.15, 0.2) is 5.82 Å². The molecule has 1 aliphatic rings. The normalized spacial score (nSPS) is 16.5. The molecule has 7 heteroatoms. The number of nitrogens with one attached hydrogen (secondary N) is 1. The number of aromatic nitrogens is 2. The highest BCUT2D eigenvalue weighted by Gasteiger charge is 2.29. The summed E-state index contributed by atoms with van der Waals surface area (Å²) >= 11 is 3.54. The van der Waals surface area contributed by atoms with E-state index in [0.29, 0.717) is 18.2 Å². The van der Waals surface area contributed by atoms with E-state index in [4.69, 9.17) is 9.72 Å². The Balaban J connectivity index is 1.55. The second kappa shape index (κ2) is 8.60. The van der Waals surface area contributed by atoms with Gasteiger partial charge in [0, 0.05) is 23.2 Å². The number of piperidine rings is 1. The quantitative estimate of drug-likeness (QED) is 0.591. The number of benzene rings is 2. The number of carbonyl (C=O) groups is 1. The maximum atomic E-state index is 13.0. The van der Waals surface area contributed by atoms with Crippen molar-refractivity contribution in [3.63, 3.8) is 0 Å². The average Bonchev–Trinajstić information content (AvgIpc) is 2.78. The summed E-state index contributed by atoms with van der Waals surface area (Å²) in [7, 11) is 1.61. The molecular formula is C23H25BrN4O2. The summed E-state index contributed by atoms with van der Waals surface area (Å²) in [5, 5.41) is 3.12. The molecule has 1 fully saturated rings. The van der Waals surface area contributed by atoms with E-state index < -0.39 is 0 Å². The fourth-order valence-corrected chi connectivity index (χ4v) is 4.29. The molecule has 2 aromatic carbocycles. The molecule has 0 aliphatic carbocycles. The highest BCUT2D eigenvalue weighted by atomic mass is 79.9. The summed E-state index contributed by atoms with van der Waals surface area (Å²) in [5.41, 5.74) is 4.69. The Bertz CT molecular complexity index is 1100. The van der Waals surface area contributed by atoms with Gasteiger partial charge in [-0.3, -0.25) is 4.79 Å². The first kappa shape index (κ1) is 20.6. The van der Waals surface area contributed by atoms with E-state index in [2.05, 4.69) is 31.1 Å². The smallest absolute Gasteiger partial charge is 0.257 e. The van der Waals surface area contributed by atoms with Crippen LogP contribution < -0.4 is 15.0 Å². The van der Waals surface area contributed by atoms with Crippen molar-refractivity contribution in [1.82, 2.24) is 9.97 Å². The molecule has 1 N–H and O–H groups in total. The van der Waals surface area contributed by atoms with Crippen LogP contribution in [0.3, 0.4) is 0 Å². The highest BCUT2D eigenvalue weighted by molar-refractivity contribution is 9.10. The fourth-order valence-electron chi connectivity index (χ4n) is 3.86. The molecule has 30 heavy (non-hydrogen) atoms. The van der Waals surface area contributed by atoms with Gasteiger partial charge in [-0.1, -0.05) is 28.1 Å². The van der Waals surface area contributed by atoms with E-state index in [0.717, 1.165) is 51.7 Å². The second-order valence-electron chi connectivity index (χ2n) is 7.66. The van der Waals surface area contributed by atoms with Gasteiger partial charge in [-0.15, -0.1) is 0 Å². The molecule has 1 atom stereocenters. The number of rotatable bonds is 4. The highest BCUT2D eigenvalue weighted by Crippen LogP contribution is 2.31. The molecule has 1 aliphatic heterocycles. The van der Waals surface area contributed by atoms with Crippen LogP contribution in [0.5, 0.6) is 5.88 Å². The van der Waals surface area contributed by atoms with Crippen LogP contribution in [0, 0.1) is 19.8 Å². The average molecular weight is 469 g/mol. The summed E-state index contributed by atoms with van der Waals surface area (Å²) in [6.45, 7) is 5.48. The van der Waals surface area contributed by atoms with E-state index in [1.165, 1.54) is 0 Å². The summed E-state index contributed by atoms with van der Waals surface area (Å²) in [6, 6.07) is 11.7. The Morgan fingerprint density at radius 1 is 1.13 bits per heavy atom. The van der Waals surface area contributed by atoms with Crippen LogP contribution in [0.15, 0.2) is 40.9 Å². The van der Waals surface area contributed by atoms with Crippen LogP contribution in [0.2, 0.25) is 0 Å². The third-order valence-corrected chi connectivity index (χ3v) is 6.64. The van der Waals surface area contributed by atoms with E-state index in [-0.39, 0.29) is 11.8 Å². The number of methoxy groups -OCH3 is 1. The van der Waals surface area contributed by atoms with Crippen molar-refractivity contribution in [3.05, 3.63) is 52.0 Å². The first-order valence-electron chi connectivity index (χ1n) is 10.1. The summed E-state index contributed by atoms with van der Waals surface area (Å²) < 4.78 is 6.56. The van der Waals surface area contributed by atoms with Gasteiger partial charge in [0.05, 0.1) is 24.1 Å². The van der Waals surface area contributed by atoms with Crippen LogP contribution in [0.4, 0.5) is 11.5 Å². The number of para-hydroxylation sites is 2. The molecular weight excluding hydrogens is 444 g/mol. The SMILES string of the molecule is COc1nc2ccccc2nc1N1CCC[C@H](C(=O)Nc2ccc(Br)c(C)c2C)C1. The minimum Gasteiger partial charge on any atom is -0.478 e. The van der Waals surface area contributed by atoms with Gasteiger partial charge in [0.1, 0.15) is 0 Å². The molecule has 0 unspecified atom stereocenters. The Kier molecular flexibility index (Phi) is 5.90. The van der Waals surface area contributed by atoms with Crippen molar-refractivity contribution >= 4 is 44.4 Å². The number of hydrogen-bond donors (Lipinski definition) is 1. The molecule has 0 saturated carbocycles. The number of ether oxygens (including phenoxy) is 1. The lowest BCUT2D eigenvalue weighted by molar-refractivity contribution is -0.120. The van der Waals surface area contributed by atoms with Gasteiger partial charge in [0.25, 0.3) is 5.88 Å². The number of amides is 1. The van der Waals surface area contributed by atoms with E-state index in [9.17, 15) is 4.79 Å². The van der Waals surface area contributed by atoms with Crippen molar-refractivity contribution in [3.8, 4) is 5.88 Å². The largest absolute Gasteiger partial charge is 0.478 e. The third-order valence-electron chi connectivity index (χ3n) is 5.79. The van der Waals surface area contributed by atoms with Gasteiger partial charge >= 0.3 is 0 Å². The van der Waals surface area contributed by atoms with Crippen molar-refractivity contribution in [2.24, 2.45) is 5.92 Å². The summed E-state index contributed by atoms with van der Waals surface area (Å²) in [5.74, 6) is 1.11. The fraction of sp³-hybridized carbons (Fsp3) is 0.348. The minimum absolute atomic E-state index is 0.0391. The van der Waals surface area contributed by atoms with E-state index >= 15 is 0 Å². The van der Waals surface area contributed by atoms with Gasteiger partial charge in [-0.05, 0) is 62.1 Å². The summed E-state index contributed by atoms with van der Waals surface area (Å²) in [6.07, 6.45) is 1.76. The Morgan fingerprint density at radius 3 is 2.60 bits per heavy atom. The predicted octanol–water partition coefficient (Wildman–Crippen LogP) is 4.87. The standard InChI is InChI=1S/C23H25BrN4O2/c1-14-15(2)18(11-10-17(14)24)26-22(29)16-7-6-12-28(13-16)21-23(30-3)27-20-9-5-4-8-19(20)25-21/h4-5,8-11,16H,6-7,12-13H2,1-3H3,(H,26,29)/t16-/m0/s1. The van der Waals surface area contributed by atoms with Crippen LogP contribution >= 0.6 is 15.9 Å². The van der Waals surface area contributed by atoms with Gasteiger partial charge in [0.2, 0.25) is 5.91 Å². The third kappa shape index (κ3) is 3.99. The van der Waals surface area contributed by atoms with Crippen molar-refractivity contribution in [1.29, 1.82) is 0 Å². The lowest BCUT2D eigenvalue weighted by Crippen LogP contribution is -2.41. The van der Waals surface area contributed by atoms with Gasteiger partial charge < -0.3 is 15.0 Å². The van der Waals surface area contributed by atoms with E-state index in [1.807, 2.05) is 50.2 Å². The van der Waals surface area contributed by atoms with Crippen LogP contribution in [0.25, 0.3) is 11.0 Å². The zero-order valence-corrected chi connectivity index (χ0v) is 19.0. The number of carbonyl (C=O) groups excluding carboxylic acids is 1. The molecule has 0 spiro atoms. The topological polar surface area (TPSA) is 67.4 Å². The molecule has 1 amide bonds. The van der Waals surface area contributed by atoms with Crippen LogP contribution in [-0.4, -0.2) is 36.1 Å². The molecule has 156 valence electrons. The van der Waals surface area contributed by atoms with Gasteiger partial charge in [-0.2, -0.15) is 0 Å². The number of fused-ring (bicyclic) bond motifs is 1. The lowest BCUT2D eigenvalue weighted by Gasteiger charge is -2.33.